The highest BCUT2D eigenvalue weighted by atomic mass is 16.6. The fourth-order valence-corrected chi connectivity index (χ4v) is 7.22. The van der Waals surface area contributed by atoms with Crippen LogP contribution in [0.4, 0.5) is 0 Å². The monoisotopic (exact) mass is 829 g/mol. The molecule has 0 amide bonds. The van der Waals surface area contributed by atoms with Gasteiger partial charge in [0, 0.05) is 19.3 Å². The lowest BCUT2D eigenvalue weighted by Gasteiger charge is -2.18. The van der Waals surface area contributed by atoms with Crippen molar-refractivity contribution in [2.45, 2.75) is 271 Å². The molecule has 0 aliphatic carbocycles. The molecule has 0 heterocycles. The third kappa shape index (κ3) is 46.5. The van der Waals surface area contributed by atoms with Crippen LogP contribution in [-0.2, 0) is 28.6 Å². The van der Waals surface area contributed by atoms with Crippen LogP contribution in [0.2, 0.25) is 0 Å². The summed E-state index contributed by atoms with van der Waals surface area (Å²) in [6.45, 7) is 6.57. The van der Waals surface area contributed by atoms with Gasteiger partial charge in [-0.15, -0.1) is 0 Å². The molecule has 0 fully saturated rings. The predicted molar refractivity (Wildman–Crippen MR) is 252 cm³/mol. The highest BCUT2D eigenvalue weighted by Gasteiger charge is 2.19. The van der Waals surface area contributed by atoms with E-state index in [0.717, 1.165) is 89.9 Å². The molecule has 0 saturated carbocycles. The van der Waals surface area contributed by atoms with Gasteiger partial charge in [-0.1, -0.05) is 211 Å². The van der Waals surface area contributed by atoms with Gasteiger partial charge < -0.3 is 14.2 Å². The number of allylic oxidation sites excluding steroid dienone is 6. The Hall–Kier alpha value is -2.37. The molecule has 0 bridgehead atoms. The second-order valence-corrected chi connectivity index (χ2v) is 17.1. The van der Waals surface area contributed by atoms with E-state index in [1.807, 2.05) is 0 Å². The number of esters is 3. The molecule has 0 N–H and O–H groups in total. The van der Waals surface area contributed by atoms with Crippen molar-refractivity contribution in [3.05, 3.63) is 36.5 Å². The fraction of sp³-hybridized carbons (Fsp3) is 0.830. The molecule has 0 aliphatic heterocycles. The second kappa shape index (κ2) is 48.3. The van der Waals surface area contributed by atoms with Crippen LogP contribution >= 0.6 is 0 Å². The molecule has 6 nitrogen and oxygen atoms in total. The number of rotatable bonds is 46. The number of unbranched alkanes of at least 4 members (excludes halogenated alkanes) is 29. The van der Waals surface area contributed by atoms with Crippen LogP contribution in [0.1, 0.15) is 265 Å². The average Bonchev–Trinajstić information content (AvgIpc) is 3.23. The summed E-state index contributed by atoms with van der Waals surface area (Å²) in [6, 6.07) is 0. The first-order chi connectivity index (χ1) is 29.0. The van der Waals surface area contributed by atoms with Crippen LogP contribution in [-0.4, -0.2) is 37.2 Å². The summed E-state index contributed by atoms with van der Waals surface area (Å²) in [7, 11) is 0. The molecule has 0 saturated heterocycles. The molecule has 59 heavy (non-hydrogen) atoms. The minimum Gasteiger partial charge on any atom is -0.462 e. The van der Waals surface area contributed by atoms with E-state index in [2.05, 4.69) is 57.2 Å². The third-order valence-electron chi connectivity index (χ3n) is 11.1. The number of carbonyl (C=O) groups is 3. The molecule has 0 aromatic rings. The van der Waals surface area contributed by atoms with Crippen molar-refractivity contribution in [2.24, 2.45) is 0 Å². The Morgan fingerprint density at radius 2 is 0.627 bits per heavy atom. The first kappa shape index (κ1) is 56.6. The van der Waals surface area contributed by atoms with Gasteiger partial charge in [0.25, 0.3) is 0 Å². The van der Waals surface area contributed by atoms with E-state index in [1.54, 1.807) is 0 Å². The molecule has 0 aromatic carbocycles. The van der Waals surface area contributed by atoms with E-state index in [9.17, 15) is 14.4 Å². The fourth-order valence-electron chi connectivity index (χ4n) is 7.22. The smallest absolute Gasteiger partial charge is 0.306 e. The Morgan fingerprint density at radius 1 is 0.339 bits per heavy atom. The van der Waals surface area contributed by atoms with Crippen molar-refractivity contribution in [1.29, 1.82) is 0 Å². The van der Waals surface area contributed by atoms with E-state index in [0.29, 0.717) is 19.3 Å². The van der Waals surface area contributed by atoms with Crippen molar-refractivity contribution in [3.8, 4) is 0 Å². The van der Waals surface area contributed by atoms with Crippen LogP contribution in [0, 0.1) is 0 Å². The SMILES string of the molecule is CCCC/C=C\C/C=C\CCCCCCCC(=O)O[C@H](COC(=O)CCCCCCC/C=C\CCCCC)COC(=O)CCCCCCCCCCCCCCCCC. The van der Waals surface area contributed by atoms with Gasteiger partial charge in [-0.2, -0.15) is 0 Å². The first-order valence-electron chi connectivity index (χ1n) is 25.5. The molecule has 0 unspecified atom stereocenters. The summed E-state index contributed by atoms with van der Waals surface area (Å²) in [5.74, 6) is -0.893. The summed E-state index contributed by atoms with van der Waals surface area (Å²) >= 11 is 0. The van der Waals surface area contributed by atoms with Crippen molar-refractivity contribution < 1.29 is 28.6 Å². The van der Waals surface area contributed by atoms with Crippen LogP contribution in [0.5, 0.6) is 0 Å². The Morgan fingerprint density at radius 3 is 1.03 bits per heavy atom. The maximum absolute atomic E-state index is 12.8. The maximum Gasteiger partial charge on any atom is 0.306 e. The largest absolute Gasteiger partial charge is 0.462 e. The van der Waals surface area contributed by atoms with Crippen molar-refractivity contribution in [2.75, 3.05) is 13.2 Å². The zero-order valence-corrected chi connectivity index (χ0v) is 39.3. The molecule has 1 atom stereocenters. The van der Waals surface area contributed by atoms with Crippen LogP contribution in [0.3, 0.4) is 0 Å². The molecule has 6 heteroatoms. The molecule has 0 spiro atoms. The summed E-state index contributed by atoms with van der Waals surface area (Å²) < 4.78 is 16.8. The highest BCUT2D eigenvalue weighted by Crippen LogP contribution is 2.15. The molecular weight excluding hydrogens is 733 g/mol. The summed E-state index contributed by atoms with van der Waals surface area (Å²) in [5.41, 5.74) is 0. The van der Waals surface area contributed by atoms with E-state index < -0.39 is 6.10 Å². The lowest BCUT2D eigenvalue weighted by molar-refractivity contribution is -0.167. The summed E-state index contributed by atoms with van der Waals surface area (Å²) in [6.07, 6.45) is 55.5. The van der Waals surface area contributed by atoms with Crippen LogP contribution < -0.4 is 0 Å². The Kier molecular flexibility index (Phi) is 46.4. The van der Waals surface area contributed by atoms with Crippen molar-refractivity contribution >= 4 is 17.9 Å². The quantitative estimate of drug-likeness (QED) is 0.0263. The van der Waals surface area contributed by atoms with Gasteiger partial charge in [0.1, 0.15) is 13.2 Å². The van der Waals surface area contributed by atoms with Crippen molar-refractivity contribution in [3.63, 3.8) is 0 Å². The zero-order chi connectivity index (χ0) is 43.0. The highest BCUT2D eigenvalue weighted by molar-refractivity contribution is 5.71. The zero-order valence-electron chi connectivity index (χ0n) is 39.3. The molecular formula is C53H96O6. The molecule has 0 aromatic heterocycles. The van der Waals surface area contributed by atoms with Gasteiger partial charge in [-0.05, 0) is 70.6 Å². The van der Waals surface area contributed by atoms with Gasteiger partial charge in [0.05, 0.1) is 0 Å². The molecule has 0 rings (SSSR count). The van der Waals surface area contributed by atoms with Gasteiger partial charge in [-0.25, -0.2) is 0 Å². The van der Waals surface area contributed by atoms with Crippen LogP contribution in [0.15, 0.2) is 36.5 Å². The Labute approximate surface area is 365 Å². The van der Waals surface area contributed by atoms with Gasteiger partial charge in [0.15, 0.2) is 6.10 Å². The van der Waals surface area contributed by atoms with Crippen LogP contribution in [0.25, 0.3) is 0 Å². The lowest BCUT2D eigenvalue weighted by atomic mass is 10.0. The number of hydrogen-bond acceptors (Lipinski definition) is 6. The van der Waals surface area contributed by atoms with E-state index >= 15 is 0 Å². The van der Waals surface area contributed by atoms with E-state index in [-0.39, 0.29) is 31.1 Å². The predicted octanol–water partition coefficient (Wildman–Crippen LogP) is 16.5. The number of carbonyl (C=O) groups excluding carboxylic acids is 3. The normalized spacial score (nSPS) is 12.3. The molecule has 0 aliphatic rings. The summed E-state index contributed by atoms with van der Waals surface area (Å²) in [4.78, 5) is 37.9. The lowest BCUT2D eigenvalue weighted by Crippen LogP contribution is -2.30. The Balaban J connectivity index is 4.37. The minimum absolute atomic E-state index is 0.0777. The molecule has 344 valence electrons. The average molecular weight is 829 g/mol. The third-order valence-corrected chi connectivity index (χ3v) is 11.1. The molecule has 0 radical (unpaired) electrons. The van der Waals surface area contributed by atoms with E-state index in [1.165, 1.54) is 135 Å². The van der Waals surface area contributed by atoms with E-state index in [4.69, 9.17) is 14.2 Å². The number of hydrogen-bond donors (Lipinski definition) is 0. The Bertz CT molecular complexity index is 1000. The minimum atomic E-state index is -0.778. The van der Waals surface area contributed by atoms with Gasteiger partial charge in [0.2, 0.25) is 0 Å². The van der Waals surface area contributed by atoms with Crippen molar-refractivity contribution in [1.82, 2.24) is 0 Å². The first-order valence-corrected chi connectivity index (χ1v) is 25.5. The van der Waals surface area contributed by atoms with Gasteiger partial charge in [-0.3, -0.25) is 14.4 Å². The number of ether oxygens (including phenoxy) is 3. The second-order valence-electron chi connectivity index (χ2n) is 17.1. The van der Waals surface area contributed by atoms with Gasteiger partial charge >= 0.3 is 17.9 Å². The topological polar surface area (TPSA) is 78.9 Å². The standard InChI is InChI=1S/C53H96O6/c1-4-7-10-13-16-19-22-25-27-29-31-34-37-40-43-46-52(55)58-49-50(48-57-51(54)45-42-39-36-33-30-24-21-18-15-12-9-6-3)59-53(56)47-44-41-38-35-32-28-26-23-20-17-14-11-8-5-2/h14,17-18,21,23,26,50H,4-13,15-16,19-20,22,24-25,27-49H2,1-3H3/b17-14-,21-18-,26-23-/t50-/m1/s1. The maximum atomic E-state index is 12.8. The summed E-state index contributed by atoms with van der Waals surface area (Å²) in [5, 5.41) is 0.